The molecule has 4 nitrogen and oxygen atoms in total. The fraction of sp³-hybridized carbons (Fsp3) is 0.143. The number of aromatic amines is 1. The van der Waals surface area contributed by atoms with Crippen LogP contribution < -0.4 is 10.3 Å². The van der Waals surface area contributed by atoms with E-state index in [9.17, 15) is 4.79 Å². The van der Waals surface area contributed by atoms with Gasteiger partial charge in [0.05, 0.1) is 17.7 Å². The Morgan fingerprint density at radius 3 is 2.56 bits per heavy atom. The van der Waals surface area contributed by atoms with E-state index < -0.39 is 0 Å². The molecule has 1 unspecified atom stereocenters. The van der Waals surface area contributed by atoms with Gasteiger partial charge in [-0.3, -0.25) is 4.79 Å². The van der Waals surface area contributed by atoms with Gasteiger partial charge in [0.1, 0.15) is 16.4 Å². The molecule has 2 aromatic carbocycles. The van der Waals surface area contributed by atoms with Crippen LogP contribution in [0.3, 0.4) is 0 Å². The first-order valence-corrected chi connectivity index (χ1v) is 10.3. The Hall–Kier alpha value is -2.57. The number of methoxy groups -OCH3 is 1. The third-order valence-corrected chi connectivity index (χ3v) is 6.30. The largest absolute Gasteiger partial charge is 0.497 e. The summed E-state index contributed by atoms with van der Waals surface area (Å²) in [5.74, 6) is 1.52. The van der Waals surface area contributed by atoms with Crippen LogP contribution >= 0.6 is 23.1 Å². The van der Waals surface area contributed by atoms with Gasteiger partial charge in [0.15, 0.2) is 0 Å². The maximum absolute atomic E-state index is 12.8. The van der Waals surface area contributed by atoms with E-state index in [1.54, 1.807) is 18.9 Å². The smallest absolute Gasteiger partial charge is 0.260 e. The first-order chi connectivity index (χ1) is 13.2. The number of ether oxygens (including phenoxy) is 1. The summed E-state index contributed by atoms with van der Waals surface area (Å²) >= 11 is 3.16. The molecule has 0 aliphatic carbocycles. The summed E-state index contributed by atoms with van der Waals surface area (Å²) in [4.78, 5) is 22.4. The van der Waals surface area contributed by atoms with E-state index in [4.69, 9.17) is 9.72 Å². The Balaban J connectivity index is 1.66. The zero-order valence-electron chi connectivity index (χ0n) is 14.9. The van der Waals surface area contributed by atoms with Crippen LogP contribution in [0.25, 0.3) is 21.3 Å². The number of thioether (sulfide) groups is 1. The average Bonchev–Trinajstić information content (AvgIpc) is 3.14. The van der Waals surface area contributed by atoms with Gasteiger partial charge in [0, 0.05) is 15.8 Å². The Kier molecular flexibility index (Phi) is 5.01. The highest BCUT2D eigenvalue weighted by Crippen LogP contribution is 2.35. The zero-order valence-corrected chi connectivity index (χ0v) is 16.6. The quantitative estimate of drug-likeness (QED) is 0.453. The number of fused-ring (bicyclic) bond motifs is 1. The summed E-state index contributed by atoms with van der Waals surface area (Å²) in [6, 6.07) is 17.8. The van der Waals surface area contributed by atoms with Crippen molar-refractivity contribution in [1.82, 2.24) is 9.97 Å². The van der Waals surface area contributed by atoms with Gasteiger partial charge < -0.3 is 9.72 Å². The Bertz CT molecular complexity index is 1120. The van der Waals surface area contributed by atoms with E-state index in [0.717, 1.165) is 26.6 Å². The first kappa shape index (κ1) is 17.8. The van der Waals surface area contributed by atoms with Crippen LogP contribution in [0.15, 0.2) is 69.7 Å². The van der Waals surface area contributed by atoms with E-state index in [1.807, 2.05) is 66.9 Å². The maximum Gasteiger partial charge on any atom is 0.260 e. The molecule has 0 radical (unpaired) electrons. The second-order valence-corrected chi connectivity index (χ2v) is 8.35. The van der Waals surface area contributed by atoms with Crippen LogP contribution in [0.4, 0.5) is 0 Å². The molecule has 6 heteroatoms. The van der Waals surface area contributed by atoms with E-state index >= 15 is 0 Å². The highest BCUT2D eigenvalue weighted by Gasteiger charge is 2.16. The number of aromatic nitrogens is 2. The molecule has 0 fully saturated rings. The van der Waals surface area contributed by atoms with E-state index in [1.165, 1.54) is 11.3 Å². The van der Waals surface area contributed by atoms with Crippen LogP contribution in [0.5, 0.6) is 5.75 Å². The third kappa shape index (κ3) is 3.63. The summed E-state index contributed by atoms with van der Waals surface area (Å²) in [5, 5.41) is 2.70. The number of hydrogen-bond acceptors (Lipinski definition) is 5. The number of hydrogen-bond donors (Lipinski definition) is 1. The normalized spacial score (nSPS) is 12.2. The predicted molar refractivity (Wildman–Crippen MR) is 113 cm³/mol. The van der Waals surface area contributed by atoms with Gasteiger partial charge in [-0.15, -0.1) is 23.1 Å². The lowest BCUT2D eigenvalue weighted by atomic mass is 10.1. The molecule has 136 valence electrons. The minimum atomic E-state index is -0.0858. The molecule has 0 bridgehead atoms. The molecule has 27 heavy (non-hydrogen) atoms. The third-order valence-electron chi connectivity index (χ3n) is 4.30. The second kappa shape index (κ2) is 7.58. The van der Waals surface area contributed by atoms with Crippen molar-refractivity contribution < 1.29 is 4.74 Å². The molecule has 0 aliphatic rings. The van der Waals surface area contributed by atoms with Crippen molar-refractivity contribution in [2.24, 2.45) is 0 Å². The summed E-state index contributed by atoms with van der Waals surface area (Å²) in [5.41, 5.74) is 1.88. The fourth-order valence-electron chi connectivity index (χ4n) is 2.90. The van der Waals surface area contributed by atoms with Gasteiger partial charge in [0.2, 0.25) is 0 Å². The predicted octanol–water partition coefficient (Wildman–Crippen LogP) is 5.51. The number of rotatable bonds is 5. The monoisotopic (exact) mass is 394 g/mol. The number of thiophene rings is 1. The summed E-state index contributed by atoms with van der Waals surface area (Å²) in [6.07, 6.45) is 0. The van der Waals surface area contributed by atoms with Gasteiger partial charge >= 0.3 is 0 Å². The van der Waals surface area contributed by atoms with Crippen LogP contribution in [-0.4, -0.2) is 17.1 Å². The minimum Gasteiger partial charge on any atom is -0.497 e. The molecular formula is C21H18N2O2S2. The van der Waals surface area contributed by atoms with Crippen LogP contribution in [0, 0.1) is 0 Å². The van der Waals surface area contributed by atoms with Crippen LogP contribution in [0.1, 0.15) is 18.0 Å². The van der Waals surface area contributed by atoms with Gasteiger partial charge in [-0.25, -0.2) is 4.98 Å². The van der Waals surface area contributed by atoms with Crippen molar-refractivity contribution >= 4 is 33.3 Å². The Morgan fingerprint density at radius 2 is 1.85 bits per heavy atom. The number of nitrogens with zero attached hydrogens (tertiary/aromatic N) is 1. The Morgan fingerprint density at radius 1 is 1.11 bits per heavy atom. The van der Waals surface area contributed by atoms with E-state index in [2.05, 4.69) is 4.98 Å². The standard InChI is InChI=1S/C21H18N2O2S2/c1-13(27-16-10-8-15(25-2)9-11-16)19-22-20(24)18-17(12-26-21(18)23-19)14-6-4-3-5-7-14/h3-13H,1-2H3,(H,22,23,24). The molecule has 1 N–H and O–H groups in total. The summed E-state index contributed by atoms with van der Waals surface area (Å²) < 4.78 is 5.19. The minimum absolute atomic E-state index is 0.0257. The molecule has 0 saturated heterocycles. The highest BCUT2D eigenvalue weighted by atomic mass is 32.2. The van der Waals surface area contributed by atoms with E-state index in [0.29, 0.717) is 11.2 Å². The van der Waals surface area contributed by atoms with Gasteiger partial charge in [-0.05, 0) is 36.8 Å². The topological polar surface area (TPSA) is 55.0 Å². The zero-order chi connectivity index (χ0) is 18.8. The van der Waals surface area contributed by atoms with Crippen molar-refractivity contribution in [2.75, 3.05) is 7.11 Å². The van der Waals surface area contributed by atoms with Crippen molar-refractivity contribution in [2.45, 2.75) is 17.1 Å². The first-order valence-electron chi connectivity index (χ1n) is 8.53. The van der Waals surface area contributed by atoms with Crippen LogP contribution in [0.2, 0.25) is 0 Å². The maximum atomic E-state index is 12.8. The van der Waals surface area contributed by atoms with Crippen LogP contribution in [-0.2, 0) is 0 Å². The average molecular weight is 395 g/mol. The molecule has 2 heterocycles. The van der Waals surface area contributed by atoms with Gasteiger partial charge in [0.25, 0.3) is 5.56 Å². The fourth-order valence-corrected chi connectivity index (χ4v) is 4.78. The Labute approximate surface area is 165 Å². The molecule has 4 rings (SSSR count). The summed E-state index contributed by atoms with van der Waals surface area (Å²) in [7, 11) is 1.65. The van der Waals surface area contributed by atoms with Crippen molar-refractivity contribution in [3.8, 4) is 16.9 Å². The molecule has 0 saturated carbocycles. The second-order valence-electron chi connectivity index (χ2n) is 6.08. The molecule has 0 aliphatic heterocycles. The highest BCUT2D eigenvalue weighted by molar-refractivity contribution is 7.99. The van der Waals surface area contributed by atoms with Crippen molar-refractivity contribution in [3.63, 3.8) is 0 Å². The van der Waals surface area contributed by atoms with Gasteiger partial charge in [-0.1, -0.05) is 30.3 Å². The molecular weight excluding hydrogens is 376 g/mol. The molecule has 1 atom stereocenters. The molecule has 4 aromatic rings. The molecule has 2 aromatic heterocycles. The lowest BCUT2D eigenvalue weighted by Crippen LogP contribution is -2.12. The lowest BCUT2D eigenvalue weighted by Gasteiger charge is -2.11. The lowest BCUT2D eigenvalue weighted by molar-refractivity contribution is 0.414. The van der Waals surface area contributed by atoms with Gasteiger partial charge in [-0.2, -0.15) is 0 Å². The van der Waals surface area contributed by atoms with Crippen molar-refractivity contribution in [3.05, 3.63) is 76.2 Å². The number of nitrogens with one attached hydrogen (secondary N) is 1. The molecule has 0 amide bonds. The SMILES string of the molecule is COc1ccc(SC(C)c2nc3scc(-c4ccccc4)c3c(=O)[nH]2)cc1. The number of H-pyrrole nitrogens is 1. The summed E-state index contributed by atoms with van der Waals surface area (Å²) in [6.45, 7) is 2.05. The number of benzene rings is 2. The van der Waals surface area contributed by atoms with Crippen molar-refractivity contribution in [1.29, 1.82) is 0 Å². The molecule has 0 spiro atoms. The van der Waals surface area contributed by atoms with E-state index in [-0.39, 0.29) is 10.8 Å².